The van der Waals surface area contributed by atoms with Crippen molar-refractivity contribution in [2.45, 2.75) is 48.6 Å². The molecule has 47 heavy (non-hydrogen) atoms. The first kappa shape index (κ1) is 31.5. The van der Waals surface area contributed by atoms with E-state index in [0.717, 1.165) is 47.2 Å². The first-order valence-corrected chi connectivity index (χ1v) is 17.6. The number of likely N-dealkylation sites (tertiary alicyclic amines) is 1. The SMILES string of the molecule is CCOc1ccc(N2CC=C[C@H]3S[C@]45C=CCN(c6ccc7ccccc7c6)C(=O)C4N(CCCCCCO)C(=O)[C@@H]5[C@H]3C2=O)cc1. The van der Waals surface area contributed by atoms with Crippen molar-refractivity contribution in [3.05, 3.63) is 91.0 Å². The monoisotopic (exact) mass is 651 g/mol. The molecule has 1 spiro atoms. The molecule has 0 aromatic heterocycles. The van der Waals surface area contributed by atoms with E-state index < -0.39 is 22.6 Å². The second-order valence-corrected chi connectivity index (χ2v) is 14.2. The molecule has 4 heterocycles. The summed E-state index contributed by atoms with van der Waals surface area (Å²) in [5.41, 5.74) is 1.55. The van der Waals surface area contributed by atoms with Crippen molar-refractivity contribution in [3.8, 4) is 5.75 Å². The Hall–Kier alpha value is -4.08. The number of thioether (sulfide) groups is 1. The molecule has 0 bridgehead atoms. The van der Waals surface area contributed by atoms with Crippen molar-refractivity contribution >= 4 is 51.6 Å². The molecule has 3 aromatic rings. The zero-order valence-electron chi connectivity index (χ0n) is 26.7. The Balaban J connectivity index is 1.25. The van der Waals surface area contributed by atoms with Crippen LogP contribution in [0, 0.1) is 11.8 Å². The van der Waals surface area contributed by atoms with E-state index in [0.29, 0.717) is 32.7 Å². The number of aliphatic hydroxyl groups excluding tert-OH is 1. The second kappa shape index (κ2) is 13.2. The van der Waals surface area contributed by atoms with Gasteiger partial charge in [0, 0.05) is 42.9 Å². The van der Waals surface area contributed by atoms with E-state index in [1.165, 1.54) is 0 Å². The lowest BCUT2D eigenvalue weighted by molar-refractivity contribution is -0.138. The van der Waals surface area contributed by atoms with Gasteiger partial charge in [-0.2, -0.15) is 0 Å². The number of hydrogen-bond donors (Lipinski definition) is 1. The van der Waals surface area contributed by atoms with Gasteiger partial charge in [-0.1, -0.05) is 67.5 Å². The van der Waals surface area contributed by atoms with Gasteiger partial charge in [0.2, 0.25) is 11.8 Å². The van der Waals surface area contributed by atoms with Crippen LogP contribution in [0.4, 0.5) is 11.4 Å². The maximum Gasteiger partial charge on any atom is 0.251 e. The molecule has 3 aromatic carbocycles. The molecule has 2 saturated heterocycles. The third-order valence-corrected chi connectivity index (χ3v) is 11.7. The number of hydrogen-bond acceptors (Lipinski definition) is 6. The van der Waals surface area contributed by atoms with Crippen LogP contribution in [0.1, 0.15) is 32.6 Å². The number of rotatable bonds is 10. The van der Waals surface area contributed by atoms with Crippen LogP contribution in [0.3, 0.4) is 0 Å². The standard InChI is InChI=1S/C38H41N3O5S/c1-2-46-30-18-16-28(17-19-30)39-22-9-13-31-32(35(39)43)33-36(44)41(21-7-3-4-8-24-42)34-37(45)40(23-10-20-38(33,34)47-31)29-15-14-26-11-5-6-12-27(26)25-29/h5-6,9-20,25,31-34,42H,2-4,7-8,21-24H2,1H3/t31-,32+,33+,34?,38+/m1/s1. The summed E-state index contributed by atoms with van der Waals surface area (Å²) in [7, 11) is 0. The van der Waals surface area contributed by atoms with Gasteiger partial charge in [0.1, 0.15) is 11.8 Å². The van der Waals surface area contributed by atoms with Gasteiger partial charge in [-0.05, 0) is 66.9 Å². The maximum atomic E-state index is 14.8. The van der Waals surface area contributed by atoms with Crippen LogP contribution in [0.5, 0.6) is 5.75 Å². The van der Waals surface area contributed by atoms with Gasteiger partial charge in [0.15, 0.2) is 0 Å². The van der Waals surface area contributed by atoms with Crippen molar-refractivity contribution in [1.29, 1.82) is 0 Å². The molecule has 0 aliphatic carbocycles. The number of amides is 3. The molecule has 1 N–H and O–H groups in total. The van der Waals surface area contributed by atoms with Crippen molar-refractivity contribution in [2.75, 3.05) is 42.6 Å². The first-order chi connectivity index (χ1) is 23.0. The van der Waals surface area contributed by atoms with E-state index in [1.807, 2.05) is 79.7 Å². The van der Waals surface area contributed by atoms with Crippen LogP contribution in [0.15, 0.2) is 91.0 Å². The molecule has 9 heteroatoms. The molecule has 244 valence electrons. The smallest absolute Gasteiger partial charge is 0.251 e. The summed E-state index contributed by atoms with van der Waals surface area (Å²) in [6.07, 6.45) is 11.3. The average molecular weight is 652 g/mol. The van der Waals surface area contributed by atoms with Crippen LogP contribution in [0.25, 0.3) is 10.8 Å². The number of nitrogens with zero attached hydrogens (tertiary/aromatic N) is 3. The summed E-state index contributed by atoms with van der Waals surface area (Å²) in [5.74, 6) is -0.858. The first-order valence-electron chi connectivity index (χ1n) is 16.7. The highest BCUT2D eigenvalue weighted by atomic mass is 32.2. The normalized spacial score (nSPS) is 26.8. The van der Waals surface area contributed by atoms with E-state index >= 15 is 0 Å². The minimum absolute atomic E-state index is 0.0908. The predicted octanol–water partition coefficient (Wildman–Crippen LogP) is 5.59. The Morgan fingerprint density at radius 3 is 2.34 bits per heavy atom. The minimum Gasteiger partial charge on any atom is -0.494 e. The maximum absolute atomic E-state index is 14.8. The summed E-state index contributed by atoms with van der Waals surface area (Å²) in [6, 6.07) is 20.9. The van der Waals surface area contributed by atoms with Crippen molar-refractivity contribution in [2.24, 2.45) is 11.8 Å². The fraction of sp³-hybridized carbons (Fsp3) is 0.395. The summed E-state index contributed by atoms with van der Waals surface area (Å²) >= 11 is 1.61. The highest BCUT2D eigenvalue weighted by Crippen LogP contribution is 2.61. The number of benzene rings is 3. The molecule has 3 amide bonds. The van der Waals surface area contributed by atoms with Gasteiger partial charge in [-0.15, -0.1) is 11.8 Å². The minimum atomic E-state index is -0.873. The fourth-order valence-electron chi connectivity index (χ4n) is 7.82. The number of carbonyl (C=O) groups is 3. The largest absolute Gasteiger partial charge is 0.494 e. The number of fused-ring (bicyclic) bond motifs is 3. The van der Waals surface area contributed by atoms with Gasteiger partial charge in [-0.25, -0.2) is 0 Å². The Morgan fingerprint density at radius 1 is 0.830 bits per heavy atom. The van der Waals surface area contributed by atoms with Crippen molar-refractivity contribution in [3.63, 3.8) is 0 Å². The van der Waals surface area contributed by atoms with Gasteiger partial charge in [0.25, 0.3) is 5.91 Å². The number of unbranched alkanes of at least 4 members (excludes halogenated alkanes) is 3. The van der Waals surface area contributed by atoms with E-state index in [-0.39, 0.29) is 29.6 Å². The van der Waals surface area contributed by atoms with E-state index in [9.17, 15) is 19.5 Å². The molecule has 2 fully saturated rings. The van der Waals surface area contributed by atoms with E-state index in [4.69, 9.17) is 4.74 Å². The third kappa shape index (κ3) is 5.53. The van der Waals surface area contributed by atoms with E-state index in [1.54, 1.807) is 26.5 Å². The lowest BCUT2D eigenvalue weighted by Gasteiger charge is -2.35. The number of ether oxygens (including phenoxy) is 1. The third-order valence-electron chi connectivity index (χ3n) is 9.97. The lowest BCUT2D eigenvalue weighted by Crippen LogP contribution is -2.53. The Morgan fingerprint density at radius 2 is 1.55 bits per heavy atom. The molecular formula is C38H41N3O5S. The number of aliphatic hydroxyl groups is 1. The van der Waals surface area contributed by atoms with Crippen LogP contribution in [-0.2, 0) is 14.4 Å². The molecule has 0 saturated carbocycles. The molecule has 8 nitrogen and oxygen atoms in total. The highest BCUT2D eigenvalue weighted by molar-refractivity contribution is 8.02. The predicted molar refractivity (Wildman–Crippen MR) is 187 cm³/mol. The average Bonchev–Trinajstić information content (AvgIpc) is 3.39. The van der Waals surface area contributed by atoms with E-state index in [2.05, 4.69) is 18.2 Å². The molecule has 1 unspecified atom stereocenters. The van der Waals surface area contributed by atoms with Gasteiger partial charge >= 0.3 is 0 Å². The molecule has 0 radical (unpaired) electrons. The molecule has 4 aliphatic rings. The zero-order valence-corrected chi connectivity index (χ0v) is 27.5. The van der Waals surface area contributed by atoms with Gasteiger partial charge in [0.05, 0.1) is 23.2 Å². The molecule has 7 rings (SSSR count). The van der Waals surface area contributed by atoms with Crippen LogP contribution >= 0.6 is 11.8 Å². The molecule has 4 aliphatic heterocycles. The summed E-state index contributed by atoms with van der Waals surface area (Å²) in [5, 5.41) is 11.2. The number of anilines is 2. The van der Waals surface area contributed by atoms with Crippen LogP contribution in [0.2, 0.25) is 0 Å². The summed E-state index contributed by atoms with van der Waals surface area (Å²) in [4.78, 5) is 49.4. The summed E-state index contributed by atoms with van der Waals surface area (Å²) < 4.78 is 4.75. The van der Waals surface area contributed by atoms with Crippen molar-refractivity contribution < 1.29 is 24.2 Å². The second-order valence-electron chi connectivity index (χ2n) is 12.7. The molecular weight excluding hydrogens is 611 g/mol. The van der Waals surface area contributed by atoms with Crippen LogP contribution < -0.4 is 14.5 Å². The zero-order chi connectivity index (χ0) is 32.5. The van der Waals surface area contributed by atoms with Gasteiger partial charge < -0.3 is 24.5 Å². The Labute approximate surface area is 280 Å². The Kier molecular flexibility index (Phi) is 8.85. The van der Waals surface area contributed by atoms with Gasteiger partial charge in [-0.3, -0.25) is 14.4 Å². The topological polar surface area (TPSA) is 90.4 Å². The lowest BCUT2D eigenvalue weighted by atomic mass is 9.78. The highest BCUT2D eigenvalue weighted by Gasteiger charge is 2.71. The fourth-order valence-corrected chi connectivity index (χ4v) is 9.83. The summed E-state index contributed by atoms with van der Waals surface area (Å²) in [6.45, 7) is 3.86. The number of carbonyl (C=O) groups excluding carboxylic acids is 3. The Bertz CT molecular complexity index is 1720. The van der Waals surface area contributed by atoms with Crippen LogP contribution in [-0.4, -0.2) is 76.6 Å². The quantitative estimate of drug-likeness (QED) is 0.227. The van der Waals surface area contributed by atoms with Crippen molar-refractivity contribution in [1.82, 2.24) is 4.90 Å². The molecule has 5 atom stereocenters.